The van der Waals surface area contributed by atoms with Gasteiger partial charge in [-0.05, 0) is 81.3 Å². The van der Waals surface area contributed by atoms with Crippen LogP contribution in [0.5, 0.6) is 11.5 Å². The van der Waals surface area contributed by atoms with Crippen LogP contribution in [-0.4, -0.2) is 97.9 Å². The number of methoxy groups -OCH3 is 1. The summed E-state index contributed by atoms with van der Waals surface area (Å²) < 4.78 is 11.8. The summed E-state index contributed by atoms with van der Waals surface area (Å²) in [4.78, 5) is 52.8. The lowest BCUT2D eigenvalue weighted by Gasteiger charge is -2.35. The van der Waals surface area contributed by atoms with Gasteiger partial charge in [0.1, 0.15) is 29.1 Å². The van der Waals surface area contributed by atoms with Crippen molar-refractivity contribution in [2.45, 2.75) is 45.6 Å². The van der Waals surface area contributed by atoms with Crippen LogP contribution in [0.1, 0.15) is 58.3 Å². The number of aromatic amines is 1. The van der Waals surface area contributed by atoms with Gasteiger partial charge in [0.2, 0.25) is 0 Å². The zero-order valence-corrected chi connectivity index (χ0v) is 28.5. The molecule has 1 saturated heterocycles. The Bertz CT molecular complexity index is 1750. The SMILES string of the molecule is CCc1nc2c(NC(=O)c3ccc(C(=O)N(C)c4ccc(C)cc4OCCCCC(C=O)N4CCN(C)CC4)cc3OC)cccc2[nH]1. The van der Waals surface area contributed by atoms with Crippen molar-refractivity contribution in [2.75, 3.05) is 64.2 Å². The third-order valence-electron chi connectivity index (χ3n) is 8.93. The van der Waals surface area contributed by atoms with Gasteiger partial charge in [-0.25, -0.2) is 4.98 Å². The first kappa shape index (κ1) is 34.6. The van der Waals surface area contributed by atoms with Crippen molar-refractivity contribution in [2.24, 2.45) is 0 Å². The van der Waals surface area contributed by atoms with Gasteiger partial charge in [0.15, 0.2) is 0 Å². The maximum absolute atomic E-state index is 13.7. The average molecular weight is 655 g/mol. The number of aryl methyl sites for hydroxylation is 2. The molecule has 1 aliphatic rings. The molecule has 11 heteroatoms. The first-order valence-electron chi connectivity index (χ1n) is 16.6. The number of piperazine rings is 1. The molecule has 0 saturated carbocycles. The highest BCUT2D eigenvalue weighted by Gasteiger charge is 2.23. The maximum atomic E-state index is 13.7. The molecule has 0 radical (unpaired) electrons. The number of hydrogen-bond donors (Lipinski definition) is 2. The Kier molecular flexibility index (Phi) is 11.5. The van der Waals surface area contributed by atoms with Crippen LogP contribution in [0.2, 0.25) is 0 Å². The Labute approximate surface area is 282 Å². The molecule has 5 rings (SSSR count). The molecular weight excluding hydrogens is 608 g/mol. The summed E-state index contributed by atoms with van der Waals surface area (Å²) in [6.07, 6.45) is 4.27. The first-order valence-corrected chi connectivity index (χ1v) is 16.6. The minimum Gasteiger partial charge on any atom is -0.496 e. The molecule has 0 aliphatic carbocycles. The normalized spacial score (nSPS) is 14.4. The summed E-state index contributed by atoms with van der Waals surface area (Å²) >= 11 is 0. The van der Waals surface area contributed by atoms with E-state index in [9.17, 15) is 14.4 Å². The minimum atomic E-state index is -0.370. The lowest BCUT2D eigenvalue weighted by atomic mass is 10.1. The molecule has 254 valence electrons. The standard InChI is InChI=1S/C37H46N6O5/c1-6-34-38-29-11-9-12-30(35(29)40-34)39-36(45)28-15-14-26(23-32(28)47-5)37(46)42(4)31-16-13-25(2)22-33(31)48-21-8-7-10-27(24-44)43-19-17-41(3)18-20-43/h9,11-16,22-24,27H,6-8,10,17-21H2,1-5H3,(H,38,40)(H,39,45). The van der Waals surface area contributed by atoms with Crippen molar-refractivity contribution in [3.63, 3.8) is 0 Å². The number of nitrogens with zero attached hydrogens (tertiary/aromatic N) is 4. The molecule has 3 aromatic carbocycles. The second-order valence-corrected chi connectivity index (χ2v) is 12.3. The minimum absolute atomic E-state index is 0.0639. The molecule has 1 fully saturated rings. The third-order valence-corrected chi connectivity index (χ3v) is 8.93. The van der Waals surface area contributed by atoms with Crippen LogP contribution in [0.25, 0.3) is 11.0 Å². The largest absolute Gasteiger partial charge is 0.496 e. The number of hydrogen-bond acceptors (Lipinski definition) is 8. The van der Waals surface area contributed by atoms with E-state index in [0.29, 0.717) is 40.4 Å². The lowest BCUT2D eigenvalue weighted by Crippen LogP contribution is -2.49. The second kappa shape index (κ2) is 15.9. The van der Waals surface area contributed by atoms with Crippen molar-refractivity contribution in [3.05, 3.63) is 77.1 Å². The smallest absolute Gasteiger partial charge is 0.259 e. The van der Waals surface area contributed by atoms with Crippen LogP contribution in [0, 0.1) is 6.92 Å². The molecule has 1 unspecified atom stereocenters. The number of anilines is 2. The Morgan fingerprint density at radius 2 is 1.85 bits per heavy atom. The monoisotopic (exact) mass is 654 g/mol. The van der Waals surface area contributed by atoms with E-state index in [0.717, 1.165) is 75.1 Å². The van der Waals surface area contributed by atoms with Gasteiger partial charge in [0, 0.05) is 45.2 Å². The molecule has 2 N–H and O–H groups in total. The van der Waals surface area contributed by atoms with E-state index in [-0.39, 0.29) is 23.6 Å². The van der Waals surface area contributed by atoms with Crippen LogP contribution < -0.4 is 19.7 Å². The van der Waals surface area contributed by atoms with Gasteiger partial charge in [-0.2, -0.15) is 0 Å². The van der Waals surface area contributed by atoms with Gasteiger partial charge in [-0.1, -0.05) is 19.1 Å². The fourth-order valence-electron chi connectivity index (χ4n) is 6.00. The van der Waals surface area contributed by atoms with Gasteiger partial charge in [0.25, 0.3) is 11.8 Å². The van der Waals surface area contributed by atoms with Gasteiger partial charge >= 0.3 is 0 Å². The summed E-state index contributed by atoms with van der Waals surface area (Å²) in [5.41, 5.74) is 4.41. The van der Waals surface area contributed by atoms with Crippen LogP contribution >= 0.6 is 0 Å². The molecule has 4 aromatic rings. The Balaban J connectivity index is 1.23. The van der Waals surface area contributed by atoms with E-state index in [1.54, 1.807) is 36.2 Å². The summed E-state index contributed by atoms with van der Waals surface area (Å²) in [5, 5.41) is 2.94. The fraction of sp³-hybridized carbons (Fsp3) is 0.405. The van der Waals surface area contributed by atoms with Crippen molar-refractivity contribution in [1.82, 2.24) is 19.8 Å². The fourth-order valence-corrected chi connectivity index (χ4v) is 6.00. The number of imidazole rings is 1. The second-order valence-electron chi connectivity index (χ2n) is 12.3. The number of likely N-dealkylation sites (N-methyl/N-ethyl adjacent to an activating group) is 1. The van der Waals surface area contributed by atoms with E-state index in [1.165, 1.54) is 7.11 Å². The van der Waals surface area contributed by atoms with Gasteiger partial charge in [-0.3, -0.25) is 14.5 Å². The number of ether oxygens (including phenoxy) is 2. The molecule has 1 aromatic heterocycles. The maximum Gasteiger partial charge on any atom is 0.259 e. The van der Waals surface area contributed by atoms with E-state index in [2.05, 4.69) is 32.1 Å². The van der Waals surface area contributed by atoms with Gasteiger partial charge in [-0.15, -0.1) is 0 Å². The number of nitrogens with one attached hydrogen (secondary N) is 2. The van der Waals surface area contributed by atoms with Crippen molar-refractivity contribution in [3.8, 4) is 11.5 Å². The highest BCUT2D eigenvalue weighted by Crippen LogP contribution is 2.31. The molecule has 1 atom stereocenters. The number of amides is 2. The molecule has 48 heavy (non-hydrogen) atoms. The molecule has 11 nitrogen and oxygen atoms in total. The van der Waals surface area contributed by atoms with E-state index in [4.69, 9.17) is 9.47 Å². The Hall–Kier alpha value is -4.74. The van der Waals surface area contributed by atoms with Crippen LogP contribution in [0.3, 0.4) is 0 Å². The van der Waals surface area contributed by atoms with Gasteiger partial charge in [0.05, 0.1) is 42.2 Å². The van der Waals surface area contributed by atoms with Crippen molar-refractivity contribution < 1.29 is 23.9 Å². The van der Waals surface area contributed by atoms with Crippen LogP contribution in [-0.2, 0) is 11.2 Å². The molecular formula is C37H46N6O5. The number of carbonyl (C=O) groups is 3. The third kappa shape index (κ3) is 8.03. The highest BCUT2D eigenvalue weighted by atomic mass is 16.5. The van der Waals surface area contributed by atoms with Crippen LogP contribution in [0.15, 0.2) is 54.6 Å². The number of fused-ring (bicyclic) bond motifs is 1. The average Bonchev–Trinajstić information content (AvgIpc) is 3.54. The number of rotatable bonds is 14. The van der Waals surface area contributed by atoms with Crippen molar-refractivity contribution >= 4 is 40.5 Å². The molecule has 0 bridgehead atoms. The summed E-state index contributed by atoms with van der Waals surface area (Å²) in [5.74, 6) is 1.08. The summed E-state index contributed by atoms with van der Waals surface area (Å²) in [7, 11) is 5.28. The Morgan fingerprint density at radius 3 is 2.58 bits per heavy atom. The van der Waals surface area contributed by atoms with Gasteiger partial charge < -0.3 is 34.4 Å². The van der Waals surface area contributed by atoms with E-state index in [1.807, 2.05) is 44.2 Å². The number of unbranched alkanes of at least 4 members (excludes halogenated alkanes) is 1. The van der Waals surface area contributed by atoms with E-state index >= 15 is 0 Å². The Morgan fingerprint density at radius 1 is 1.06 bits per heavy atom. The van der Waals surface area contributed by atoms with Crippen LogP contribution in [0.4, 0.5) is 11.4 Å². The van der Waals surface area contributed by atoms with Crippen molar-refractivity contribution in [1.29, 1.82) is 0 Å². The molecule has 0 spiro atoms. The number of aromatic nitrogens is 2. The number of H-pyrrole nitrogens is 1. The highest BCUT2D eigenvalue weighted by molar-refractivity contribution is 6.11. The number of carbonyl (C=O) groups excluding carboxylic acids is 3. The zero-order chi connectivity index (χ0) is 34.2. The number of benzene rings is 3. The number of aldehydes is 1. The number of para-hydroxylation sites is 1. The zero-order valence-electron chi connectivity index (χ0n) is 28.5. The summed E-state index contributed by atoms with van der Waals surface area (Å²) in [6.45, 7) is 8.24. The molecule has 2 heterocycles. The molecule has 1 aliphatic heterocycles. The predicted molar refractivity (Wildman–Crippen MR) is 189 cm³/mol. The first-order chi connectivity index (χ1) is 23.2. The molecule has 2 amide bonds. The summed E-state index contributed by atoms with van der Waals surface area (Å²) in [6, 6.07) is 16.0. The van der Waals surface area contributed by atoms with E-state index < -0.39 is 0 Å². The topological polar surface area (TPSA) is 120 Å². The predicted octanol–water partition coefficient (Wildman–Crippen LogP) is 5.34. The lowest BCUT2D eigenvalue weighted by molar-refractivity contribution is -0.113. The quantitative estimate of drug-likeness (QED) is 0.138.